The van der Waals surface area contributed by atoms with Gasteiger partial charge in [0.15, 0.2) is 5.82 Å². The lowest BCUT2D eigenvalue weighted by atomic mass is 10.0. The summed E-state index contributed by atoms with van der Waals surface area (Å²) >= 11 is 0. The number of hydrazine groups is 1. The van der Waals surface area contributed by atoms with Gasteiger partial charge in [0, 0.05) is 45.0 Å². The van der Waals surface area contributed by atoms with Crippen molar-refractivity contribution in [1.82, 2.24) is 15.4 Å². The van der Waals surface area contributed by atoms with Crippen molar-refractivity contribution in [3.63, 3.8) is 0 Å². The number of para-hydroxylation sites is 1. The van der Waals surface area contributed by atoms with Crippen LogP contribution in [0.2, 0.25) is 0 Å². The summed E-state index contributed by atoms with van der Waals surface area (Å²) in [5, 5.41) is 2.24. The maximum absolute atomic E-state index is 5.38. The number of nitrogens with zero attached hydrogens (tertiary/aromatic N) is 6. The predicted molar refractivity (Wildman–Crippen MR) is 160 cm³/mol. The molecule has 7 rings (SSSR count). The number of aromatic nitrogens is 2. The molecule has 1 saturated heterocycles. The van der Waals surface area contributed by atoms with Crippen LogP contribution in [0.15, 0.2) is 84.9 Å². The number of anilines is 4. The maximum Gasteiger partial charge on any atom is 0.229 e. The summed E-state index contributed by atoms with van der Waals surface area (Å²) in [6.45, 7) is 6.18. The molecule has 3 aliphatic heterocycles. The molecule has 3 aliphatic rings. The van der Waals surface area contributed by atoms with E-state index >= 15 is 0 Å². The minimum absolute atomic E-state index is 0.227. The highest BCUT2D eigenvalue weighted by Gasteiger charge is 2.39. The van der Waals surface area contributed by atoms with Gasteiger partial charge in [-0.2, -0.15) is 9.97 Å². The summed E-state index contributed by atoms with van der Waals surface area (Å²) in [5.41, 5.74) is 8.77. The lowest BCUT2D eigenvalue weighted by Gasteiger charge is -2.37. The van der Waals surface area contributed by atoms with Crippen LogP contribution in [0.5, 0.6) is 5.75 Å². The number of nitrogens with one attached hydrogen (secondary N) is 1. The van der Waals surface area contributed by atoms with Gasteiger partial charge >= 0.3 is 0 Å². The zero-order chi connectivity index (χ0) is 26.9. The highest BCUT2D eigenvalue weighted by atomic mass is 16.5. The molecule has 204 valence electrons. The first-order chi connectivity index (χ1) is 19.7. The third kappa shape index (κ3) is 4.79. The largest absolute Gasteiger partial charge is 0.497 e. The Kier molecular flexibility index (Phi) is 6.61. The topological polar surface area (TPSA) is 60.0 Å². The number of benzene rings is 3. The van der Waals surface area contributed by atoms with Crippen molar-refractivity contribution in [3.05, 3.63) is 102 Å². The molecule has 1 atom stereocenters. The summed E-state index contributed by atoms with van der Waals surface area (Å²) in [6, 6.07) is 29.9. The third-order valence-corrected chi connectivity index (χ3v) is 8.20. The normalized spacial score (nSPS) is 18.2. The molecule has 0 aliphatic carbocycles. The number of piperazine rings is 1. The van der Waals surface area contributed by atoms with Crippen molar-refractivity contribution < 1.29 is 4.74 Å². The van der Waals surface area contributed by atoms with E-state index in [-0.39, 0.29) is 6.04 Å². The Labute approximate surface area is 235 Å². The molecule has 1 aromatic heterocycles. The Balaban J connectivity index is 1.20. The Morgan fingerprint density at radius 3 is 2.10 bits per heavy atom. The Hall–Kier alpha value is -4.30. The molecule has 0 bridgehead atoms. The van der Waals surface area contributed by atoms with Crippen molar-refractivity contribution in [1.29, 1.82) is 0 Å². The van der Waals surface area contributed by atoms with E-state index in [1.165, 1.54) is 22.4 Å². The first kappa shape index (κ1) is 24.7. The number of hydrogen-bond acceptors (Lipinski definition) is 8. The van der Waals surface area contributed by atoms with Crippen molar-refractivity contribution in [2.45, 2.75) is 25.6 Å². The summed E-state index contributed by atoms with van der Waals surface area (Å²) in [4.78, 5) is 17.7. The van der Waals surface area contributed by atoms with E-state index in [0.717, 1.165) is 75.6 Å². The van der Waals surface area contributed by atoms with E-state index < -0.39 is 0 Å². The number of methoxy groups -OCH3 is 1. The minimum Gasteiger partial charge on any atom is -0.497 e. The number of hydrogen-bond donors (Lipinski definition) is 1. The van der Waals surface area contributed by atoms with Crippen molar-refractivity contribution >= 4 is 23.3 Å². The monoisotopic (exact) mass is 533 g/mol. The van der Waals surface area contributed by atoms with Gasteiger partial charge in [-0.25, -0.2) is 5.43 Å². The van der Waals surface area contributed by atoms with Crippen LogP contribution in [0, 0.1) is 0 Å². The second kappa shape index (κ2) is 10.7. The zero-order valence-electron chi connectivity index (χ0n) is 22.9. The molecule has 3 aromatic carbocycles. The molecule has 1 N–H and O–H groups in total. The average molecular weight is 534 g/mol. The van der Waals surface area contributed by atoms with Gasteiger partial charge in [-0.15, -0.1) is 0 Å². The van der Waals surface area contributed by atoms with E-state index in [2.05, 4.69) is 97.9 Å². The van der Waals surface area contributed by atoms with Gasteiger partial charge in [0.25, 0.3) is 0 Å². The Bertz CT molecular complexity index is 1440. The lowest BCUT2D eigenvalue weighted by molar-refractivity contribution is 0.414. The molecule has 8 nitrogen and oxygen atoms in total. The fourth-order valence-corrected chi connectivity index (χ4v) is 6.04. The van der Waals surface area contributed by atoms with Crippen LogP contribution in [-0.4, -0.2) is 49.8 Å². The van der Waals surface area contributed by atoms with Gasteiger partial charge in [-0.3, -0.25) is 5.01 Å². The second-order valence-electron chi connectivity index (χ2n) is 10.7. The van der Waals surface area contributed by atoms with Crippen LogP contribution in [0.25, 0.3) is 0 Å². The summed E-state index contributed by atoms with van der Waals surface area (Å²) < 4.78 is 5.38. The molecule has 1 unspecified atom stereocenters. The van der Waals surface area contributed by atoms with Crippen LogP contribution in [0.3, 0.4) is 0 Å². The third-order valence-electron chi connectivity index (χ3n) is 8.20. The van der Waals surface area contributed by atoms with Gasteiger partial charge in [-0.1, -0.05) is 60.7 Å². The van der Waals surface area contributed by atoms with Crippen LogP contribution in [-0.2, 0) is 13.1 Å². The Morgan fingerprint density at radius 2 is 1.38 bits per heavy atom. The molecular weight excluding hydrogens is 498 g/mol. The van der Waals surface area contributed by atoms with Gasteiger partial charge in [0.2, 0.25) is 5.95 Å². The SMILES string of the molecule is COc1ccc(CN2CCC3NN(Cc4ccccc4)c4nc(N5CCN(c6ccccc6)CC5)nc2c43)cc1. The van der Waals surface area contributed by atoms with Crippen molar-refractivity contribution in [3.8, 4) is 5.75 Å². The van der Waals surface area contributed by atoms with E-state index in [1.807, 2.05) is 12.1 Å². The summed E-state index contributed by atoms with van der Waals surface area (Å²) in [6.07, 6.45) is 1.01. The predicted octanol–water partition coefficient (Wildman–Crippen LogP) is 4.79. The molecular formula is C32H35N7O. The number of rotatable bonds is 7. The fourth-order valence-electron chi connectivity index (χ4n) is 6.04. The molecule has 8 heteroatoms. The quantitative estimate of drug-likeness (QED) is 0.364. The van der Waals surface area contributed by atoms with Gasteiger partial charge in [0.05, 0.1) is 25.3 Å². The molecule has 40 heavy (non-hydrogen) atoms. The van der Waals surface area contributed by atoms with Crippen LogP contribution < -0.4 is 29.9 Å². The molecule has 0 amide bonds. The maximum atomic E-state index is 5.38. The first-order valence-electron chi connectivity index (χ1n) is 14.2. The molecule has 4 aromatic rings. The zero-order valence-corrected chi connectivity index (χ0v) is 22.9. The van der Waals surface area contributed by atoms with Gasteiger partial charge < -0.3 is 19.4 Å². The van der Waals surface area contributed by atoms with E-state index in [1.54, 1.807) is 7.11 Å². The Morgan fingerprint density at radius 1 is 0.725 bits per heavy atom. The van der Waals surface area contributed by atoms with Gasteiger partial charge in [0.1, 0.15) is 11.6 Å². The van der Waals surface area contributed by atoms with E-state index in [4.69, 9.17) is 14.7 Å². The first-order valence-corrected chi connectivity index (χ1v) is 14.2. The second-order valence-corrected chi connectivity index (χ2v) is 10.7. The fraction of sp³-hybridized carbons (Fsp3) is 0.312. The minimum atomic E-state index is 0.227. The van der Waals surface area contributed by atoms with E-state index in [9.17, 15) is 0 Å². The average Bonchev–Trinajstić information content (AvgIpc) is 3.37. The van der Waals surface area contributed by atoms with E-state index in [0.29, 0.717) is 0 Å². The van der Waals surface area contributed by atoms with Crippen LogP contribution in [0.4, 0.5) is 23.3 Å². The molecule has 0 radical (unpaired) electrons. The van der Waals surface area contributed by atoms with Crippen LogP contribution >= 0.6 is 0 Å². The molecule has 1 fully saturated rings. The molecule has 4 heterocycles. The van der Waals surface area contributed by atoms with Crippen molar-refractivity contribution in [2.75, 3.05) is 59.5 Å². The van der Waals surface area contributed by atoms with Gasteiger partial charge in [-0.05, 0) is 41.8 Å². The highest BCUT2D eigenvalue weighted by Crippen LogP contribution is 2.44. The molecule has 0 spiro atoms. The lowest BCUT2D eigenvalue weighted by Crippen LogP contribution is -2.47. The molecule has 0 saturated carbocycles. The highest BCUT2D eigenvalue weighted by molar-refractivity contribution is 5.69. The van der Waals surface area contributed by atoms with Crippen molar-refractivity contribution in [2.24, 2.45) is 0 Å². The van der Waals surface area contributed by atoms with Crippen LogP contribution in [0.1, 0.15) is 29.2 Å². The number of ether oxygens (including phenoxy) is 1. The smallest absolute Gasteiger partial charge is 0.229 e. The summed E-state index contributed by atoms with van der Waals surface area (Å²) in [5.74, 6) is 3.77. The summed E-state index contributed by atoms with van der Waals surface area (Å²) in [7, 11) is 1.71. The standard InChI is InChI=1S/C32H35N7O/c1-40-27-14-12-25(13-15-27)22-38-17-16-28-29-30(38)33-32(34-31(29)39(35-28)23-24-8-4-2-5-9-24)37-20-18-36(19-21-37)26-10-6-3-7-11-26/h2-15,28,35H,16-23H2,1H3.